The highest BCUT2D eigenvalue weighted by atomic mass is 35.5. The molecule has 0 radical (unpaired) electrons. The van der Waals surface area contributed by atoms with Gasteiger partial charge in [-0.1, -0.05) is 53.1 Å². The minimum Gasteiger partial charge on any atom is -0.507 e. The zero-order valence-electron chi connectivity index (χ0n) is 17.1. The Bertz CT molecular complexity index is 811. The van der Waals surface area contributed by atoms with Crippen LogP contribution in [-0.4, -0.2) is 18.4 Å². The molecule has 0 amide bonds. The molecule has 2 aromatic carbocycles. The van der Waals surface area contributed by atoms with Crippen LogP contribution in [0.15, 0.2) is 35.4 Å². The van der Waals surface area contributed by atoms with Crippen molar-refractivity contribution in [1.82, 2.24) is 0 Å². The smallest absolute Gasteiger partial charge is 0.137 e. The summed E-state index contributed by atoms with van der Waals surface area (Å²) in [4.78, 5) is 0. The monoisotopic (exact) mass is 388 g/mol. The van der Waals surface area contributed by atoms with E-state index < -0.39 is 0 Å². The van der Waals surface area contributed by atoms with Gasteiger partial charge >= 0.3 is 0 Å². The molecule has 0 fully saturated rings. The summed E-state index contributed by atoms with van der Waals surface area (Å²) < 4.78 is 5.15. The Hall–Kier alpha value is -2.20. The molecule has 0 aliphatic carbocycles. The molecule has 5 heteroatoms. The SMILES string of the molecule is COc1ccc(N/N=C/c2cc(C(C)(C)C)c(O)c(C(C)(C)C)c2)cc1Cl. The number of hydrogen-bond acceptors (Lipinski definition) is 4. The van der Waals surface area contributed by atoms with Crippen LogP contribution < -0.4 is 10.2 Å². The van der Waals surface area contributed by atoms with E-state index in [0.717, 1.165) is 22.4 Å². The van der Waals surface area contributed by atoms with Crippen molar-refractivity contribution in [2.75, 3.05) is 12.5 Å². The number of phenols is 1. The van der Waals surface area contributed by atoms with Gasteiger partial charge in [0.2, 0.25) is 0 Å². The van der Waals surface area contributed by atoms with Crippen LogP contribution in [0.3, 0.4) is 0 Å². The fraction of sp³-hybridized carbons (Fsp3) is 0.409. The molecule has 2 N–H and O–H groups in total. The van der Waals surface area contributed by atoms with Crippen molar-refractivity contribution >= 4 is 23.5 Å². The maximum absolute atomic E-state index is 10.8. The first-order chi connectivity index (χ1) is 12.4. The second-order valence-corrected chi connectivity index (χ2v) is 9.09. The summed E-state index contributed by atoms with van der Waals surface area (Å²) in [5.41, 5.74) is 6.14. The van der Waals surface area contributed by atoms with Crippen molar-refractivity contribution in [3.63, 3.8) is 0 Å². The number of nitrogens with one attached hydrogen (secondary N) is 1. The first kappa shape index (κ1) is 21.1. The van der Waals surface area contributed by atoms with Crippen molar-refractivity contribution in [2.45, 2.75) is 52.4 Å². The molecule has 0 saturated heterocycles. The number of nitrogens with zero attached hydrogens (tertiary/aromatic N) is 1. The molecule has 0 unspecified atom stereocenters. The van der Waals surface area contributed by atoms with E-state index in [1.54, 1.807) is 25.5 Å². The third-order valence-electron chi connectivity index (χ3n) is 4.31. The number of phenolic OH excluding ortho intramolecular Hbond substituents is 1. The topological polar surface area (TPSA) is 53.8 Å². The fourth-order valence-electron chi connectivity index (χ4n) is 2.79. The summed E-state index contributed by atoms with van der Waals surface area (Å²) in [6.45, 7) is 12.5. The summed E-state index contributed by atoms with van der Waals surface area (Å²) in [7, 11) is 1.58. The van der Waals surface area contributed by atoms with Crippen LogP contribution >= 0.6 is 11.6 Å². The Labute approximate surface area is 167 Å². The summed E-state index contributed by atoms with van der Waals surface area (Å²) >= 11 is 6.14. The number of hydrazone groups is 1. The van der Waals surface area contributed by atoms with E-state index in [0.29, 0.717) is 16.5 Å². The number of rotatable bonds is 4. The molecule has 0 atom stereocenters. The predicted molar refractivity (Wildman–Crippen MR) is 115 cm³/mol. The minimum absolute atomic E-state index is 0.176. The number of benzene rings is 2. The first-order valence-electron chi connectivity index (χ1n) is 8.94. The molecule has 0 aromatic heterocycles. The Balaban J connectivity index is 2.35. The van der Waals surface area contributed by atoms with Gasteiger partial charge in [0.15, 0.2) is 0 Å². The van der Waals surface area contributed by atoms with Crippen LogP contribution in [0.2, 0.25) is 5.02 Å². The average Bonchev–Trinajstić information content (AvgIpc) is 2.54. The third-order valence-corrected chi connectivity index (χ3v) is 4.60. The van der Waals surface area contributed by atoms with E-state index in [1.807, 2.05) is 18.2 Å². The van der Waals surface area contributed by atoms with Gasteiger partial charge in [0.1, 0.15) is 11.5 Å². The molecule has 2 rings (SSSR count). The zero-order valence-corrected chi connectivity index (χ0v) is 17.9. The predicted octanol–water partition coefficient (Wildman–Crippen LogP) is 6.10. The number of halogens is 1. The van der Waals surface area contributed by atoms with Gasteiger partial charge in [0.05, 0.1) is 24.0 Å². The van der Waals surface area contributed by atoms with Gasteiger partial charge in [0.25, 0.3) is 0 Å². The molecule has 0 saturated carbocycles. The van der Waals surface area contributed by atoms with E-state index in [9.17, 15) is 5.11 Å². The summed E-state index contributed by atoms with van der Waals surface area (Å²) in [6, 6.07) is 9.36. The molecule has 0 aliphatic rings. The lowest BCUT2D eigenvalue weighted by Gasteiger charge is -2.27. The van der Waals surface area contributed by atoms with Gasteiger partial charge in [-0.2, -0.15) is 5.10 Å². The largest absolute Gasteiger partial charge is 0.507 e. The van der Waals surface area contributed by atoms with Crippen LogP contribution in [0, 0.1) is 0 Å². The molecule has 0 heterocycles. The van der Waals surface area contributed by atoms with E-state index in [1.165, 1.54) is 0 Å². The maximum atomic E-state index is 10.8. The number of methoxy groups -OCH3 is 1. The lowest BCUT2D eigenvalue weighted by Crippen LogP contribution is -2.17. The molecule has 0 spiro atoms. The van der Waals surface area contributed by atoms with Gasteiger partial charge in [-0.05, 0) is 46.7 Å². The number of anilines is 1. The Morgan fingerprint density at radius 2 is 1.56 bits per heavy atom. The van der Waals surface area contributed by atoms with Crippen LogP contribution in [0.25, 0.3) is 0 Å². The molecule has 0 aliphatic heterocycles. The van der Waals surface area contributed by atoms with Gasteiger partial charge in [-0.25, -0.2) is 0 Å². The number of aromatic hydroxyl groups is 1. The lowest BCUT2D eigenvalue weighted by molar-refractivity contribution is 0.415. The number of ether oxygens (including phenoxy) is 1. The van der Waals surface area contributed by atoms with Crippen molar-refractivity contribution in [1.29, 1.82) is 0 Å². The second-order valence-electron chi connectivity index (χ2n) is 8.68. The van der Waals surface area contributed by atoms with E-state index in [-0.39, 0.29) is 10.8 Å². The lowest BCUT2D eigenvalue weighted by atomic mass is 9.78. The summed E-state index contributed by atoms with van der Waals surface area (Å²) in [5, 5.41) is 15.6. The molecule has 4 nitrogen and oxygen atoms in total. The van der Waals surface area contributed by atoms with Crippen LogP contribution in [-0.2, 0) is 10.8 Å². The van der Waals surface area contributed by atoms with Crippen LogP contribution in [0.1, 0.15) is 58.2 Å². The molecular weight excluding hydrogens is 360 g/mol. The minimum atomic E-state index is -0.176. The first-order valence-corrected chi connectivity index (χ1v) is 9.32. The van der Waals surface area contributed by atoms with Crippen molar-refractivity contribution < 1.29 is 9.84 Å². The molecular formula is C22H29ClN2O2. The standard InChI is InChI=1S/C22H29ClN2O2/c1-21(2,3)16-10-14(11-17(20(16)26)22(4,5)6)13-24-25-15-8-9-19(27-7)18(23)12-15/h8-13,25-26H,1-7H3/b24-13+. The Kier molecular flexibility index (Phi) is 6.10. The Morgan fingerprint density at radius 1 is 1.00 bits per heavy atom. The molecule has 146 valence electrons. The van der Waals surface area contributed by atoms with Crippen molar-refractivity contribution in [3.8, 4) is 11.5 Å². The van der Waals surface area contributed by atoms with Gasteiger partial charge < -0.3 is 9.84 Å². The van der Waals surface area contributed by atoms with Crippen molar-refractivity contribution in [3.05, 3.63) is 52.0 Å². The molecule has 0 bridgehead atoms. The number of hydrogen-bond donors (Lipinski definition) is 2. The van der Waals surface area contributed by atoms with Gasteiger partial charge in [-0.15, -0.1) is 0 Å². The second kappa shape index (κ2) is 7.81. The van der Waals surface area contributed by atoms with Gasteiger partial charge in [-0.3, -0.25) is 5.43 Å². The Morgan fingerprint density at radius 3 is 2.00 bits per heavy atom. The highest BCUT2D eigenvalue weighted by Gasteiger charge is 2.26. The highest BCUT2D eigenvalue weighted by Crippen LogP contribution is 2.39. The average molecular weight is 389 g/mol. The maximum Gasteiger partial charge on any atom is 0.137 e. The fourth-order valence-corrected chi connectivity index (χ4v) is 3.05. The zero-order chi connectivity index (χ0) is 20.4. The van der Waals surface area contributed by atoms with E-state index in [4.69, 9.17) is 16.3 Å². The molecule has 2 aromatic rings. The van der Waals surface area contributed by atoms with Crippen LogP contribution in [0.4, 0.5) is 5.69 Å². The van der Waals surface area contributed by atoms with Gasteiger partial charge in [0, 0.05) is 11.1 Å². The summed E-state index contributed by atoms with van der Waals surface area (Å²) in [5.74, 6) is 0.983. The molecule has 27 heavy (non-hydrogen) atoms. The van der Waals surface area contributed by atoms with Crippen LogP contribution in [0.5, 0.6) is 11.5 Å². The highest BCUT2D eigenvalue weighted by molar-refractivity contribution is 6.32. The summed E-state index contributed by atoms with van der Waals surface area (Å²) in [6.07, 6.45) is 1.75. The quantitative estimate of drug-likeness (QED) is 0.491. The van der Waals surface area contributed by atoms with Crippen molar-refractivity contribution in [2.24, 2.45) is 5.10 Å². The van der Waals surface area contributed by atoms with E-state index >= 15 is 0 Å². The van der Waals surface area contributed by atoms with E-state index in [2.05, 4.69) is 52.1 Å². The normalized spacial score (nSPS) is 12.4. The third kappa shape index (κ3) is 5.16.